The summed E-state index contributed by atoms with van der Waals surface area (Å²) in [5.41, 5.74) is 0. The first-order valence-corrected chi connectivity index (χ1v) is 3.67. The maximum atomic E-state index is 4.04. The Labute approximate surface area is 89.2 Å². The normalized spacial score (nSPS) is 34.2. The molecule has 2 heteroatoms. The van der Waals surface area contributed by atoms with Crippen LogP contribution in [0.4, 0.5) is 0 Å². The molecule has 0 spiro atoms. The Morgan fingerprint density at radius 3 is 2.60 bits per heavy atom. The van der Waals surface area contributed by atoms with E-state index in [1.807, 2.05) is 0 Å². The molecule has 1 N–H and O–H groups in total. The van der Waals surface area contributed by atoms with Crippen LogP contribution in [0.15, 0.2) is 0 Å². The van der Waals surface area contributed by atoms with Crippen molar-refractivity contribution < 1.29 is 32.7 Å². The summed E-state index contributed by atoms with van der Waals surface area (Å²) in [6.45, 7) is 10.3. The average molecular weight is 214 g/mol. The van der Waals surface area contributed by atoms with Crippen LogP contribution in [-0.4, -0.2) is 13.1 Å². The fraction of sp³-hybridized carbons (Fsp3) is 0.750. The van der Waals surface area contributed by atoms with E-state index in [1.54, 1.807) is 0 Å². The van der Waals surface area contributed by atoms with Gasteiger partial charge in [-0.2, -0.15) is 11.8 Å². The van der Waals surface area contributed by atoms with Gasteiger partial charge in [0.05, 0.1) is 0 Å². The molecule has 0 aromatic carbocycles. The number of nitrogens with one attached hydrogen (secondary N) is 1. The summed E-state index contributed by atoms with van der Waals surface area (Å²) in [5.74, 6) is 1.09. The third-order valence-corrected chi connectivity index (χ3v) is 2.00. The standard InChI is InChI=1S/C8H15N.Y/c1-7-4-3-5-9-6-8(7)2;/h7-9H,1-6H2;/q-2;. The monoisotopic (exact) mass is 214 g/mol. The molecular weight excluding hydrogens is 199 g/mol. The van der Waals surface area contributed by atoms with Gasteiger partial charge >= 0.3 is 0 Å². The summed E-state index contributed by atoms with van der Waals surface area (Å²) >= 11 is 0. The van der Waals surface area contributed by atoms with Gasteiger partial charge < -0.3 is 19.2 Å². The molecule has 2 atom stereocenters. The average Bonchev–Trinajstić information content (AvgIpc) is 1.99. The van der Waals surface area contributed by atoms with Gasteiger partial charge in [-0.3, -0.25) is 0 Å². The van der Waals surface area contributed by atoms with Gasteiger partial charge in [0.1, 0.15) is 0 Å². The molecule has 1 fully saturated rings. The van der Waals surface area contributed by atoms with Gasteiger partial charge in [-0.1, -0.05) is 6.42 Å². The Kier molecular flexibility index (Phi) is 6.29. The smallest absolute Gasteiger partial charge is 0 e. The topological polar surface area (TPSA) is 12.0 Å². The first-order valence-electron chi connectivity index (χ1n) is 3.67. The second kappa shape index (κ2) is 5.68. The van der Waals surface area contributed by atoms with Crippen LogP contribution in [0, 0.1) is 25.7 Å². The van der Waals surface area contributed by atoms with E-state index in [0.29, 0.717) is 11.8 Å². The van der Waals surface area contributed by atoms with Crippen molar-refractivity contribution in [2.75, 3.05) is 13.1 Å². The molecule has 1 aliphatic heterocycles. The van der Waals surface area contributed by atoms with Gasteiger partial charge in [0, 0.05) is 32.7 Å². The second-order valence-electron chi connectivity index (χ2n) is 2.87. The Bertz CT molecular complexity index is 75.3. The molecule has 0 aliphatic carbocycles. The zero-order chi connectivity index (χ0) is 6.69. The molecule has 1 nitrogen and oxygen atoms in total. The van der Waals surface area contributed by atoms with Crippen molar-refractivity contribution >= 4 is 0 Å². The molecule has 1 rings (SSSR count). The van der Waals surface area contributed by atoms with Crippen LogP contribution < -0.4 is 5.32 Å². The van der Waals surface area contributed by atoms with Crippen molar-refractivity contribution in [2.24, 2.45) is 11.8 Å². The Balaban J connectivity index is 0.000000810. The second-order valence-corrected chi connectivity index (χ2v) is 2.87. The SMILES string of the molecule is [CH2-]C1CCCNCC1[CH2-].[Y]. The van der Waals surface area contributed by atoms with Crippen molar-refractivity contribution in [1.82, 2.24) is 5.32 Å². The van der Waals surface area contributed by atoms with E-state index in [1.165, 1.54) is 12.8 Å². The van der Waals surface area contributed by atoms with Crippen LogP contribution in [0.2, 0.25) is 0 Å². The van der Waals surface area contributed by atoms with Crippen LogP contribution in [0.3, 0.4) is 0 Å². The maximum Gasteiger partial charge on any atom is 0 e. The minimum Gasteiger partial charge on any atom is -0.342 e. The summed E-state index contributed by atoms with van der Waals surface area (Å²) in [6, 6.07) is 0. The molecule has 0 amide bonds. The van der Waals surface area contributed by atoms with Gasteiger partial charge in [0.25, 0.3) is 0 Å². The van der Waals surface area contributed by atoms with Crippen LogP contribution >= 0.6 is 0 Å². The van der Waals surface area contributed by atoms with Crippen molar-refractivity contribution in [3.63, 3.8) is 0 Å². The third kappa shape index (κ3) is 3.45. The molecule has 1 radical (unpaired) electrons. The molecule has 1 heterocycles. The first kappa shape index (κ1) is 11.1. The summed E-state index contributed by atoms with van der Waals surface area (Å²) < 4.78 is 0. The Hall–Kier alpha value is 1.06. The van der Waals surface area contributed by atoms with E-state index in [4.69, 9.17) is 0 Å². The predicted molar refractivity (Wildman–Crippen MR) is 39.8 cm³/mol. The van der Waals surface area contributed by atoms with Crippen LogP contribution in [-0.2, 0) is 32.7 Å². The quantitative estimate of drug-likeness (QED) is 0.599. The summed E-state index contributed by atoms with van der Waals surface area (Å²) in [4.78, 5) is 0. The number of rotatable bonds is 0. The molecule has 0 aromatic rings. The summed E-state index contributed by atoms with van der Waals surface area (Å²) in [7, 11) is 0. The van der Waals surface area contributed by atoms with Gasteiger partial charge in [-0.15, -0.1) is 0 Å². The van der Waals surface area contributed by atoms with Crippen LogP contribution in [0.5, 0.6) is 0 Å². The van der Waals surface area contributed by atoms with E-state index in [9.17, 15) is 0 Å². The van der Waals surface area contributed by atoms with E-state index in [2.05, 4.69) is 19.2 Å². The molecule has 1 aliphatic rings. The van der Waals surface area contributed by atoms with E-state index in [0.717, 1.165) is 13.1 Å². The summed E-state index contributed by atoms with van der Waals surface area (Å²) in [5, 5.41) is 3.32. The Morgan fingerprint density at radius 1 is 1.20 bits per heavy atom. The molecule has 10 heavy (non-hydrogen) atoms. The largest absolute Gasteiger partial charge is 0.342 e. The third-order valence-electron chi connectivity index (χ3n) is 2.00. The van der Waals surface area contributed by atoms with Gasteiger partial charge in [-0.05, 0) is 19.5 Å². The molecule has 0 bridgehead atoms. The molecule has 2 unspecified atom stereocenters. The minimum absolute atomic E-state index is 0. The van der Waals surface area contributed by atoms with Crippen LogP contribution in [0.1, 0.15) is 12.8 Å². The molecule has 0 aromatic heterocycles. The summed E-state index contributed by atoms with van der Waals surface area (Å²) in [6.07, 6.45) is 2.50. The zero-order valence-corrected chi connectivity index (χ0v) is 9.31. The molecule has 0 saturated carbocycles. The van der Waals surface area contributed by atoms with E-state index >= 15 is 0 Å². The van der Waals surface area contributed by atoms with Crippen molar-refractivity contribution in [3.8, 4) is 0 Å². The van der Waals surface area contributed by atoms with E-state index < -0.39 is 0 Å². The minimum atomic E-state index is 0. The zero-order valence-electron chi connectivity index (χ0n) is 6.47. The first-order chi connectivity index (χ1) is 4.30. The van der Waals surface area contributed by atoms with Gasteiger partial charge in [0.15, 0.2) is 0 Å². The molecular formula is C8H15NY-2. The molecule has 57 valence electrons. The van der Waals surface area contributed by atoms with Crippen LogP contribution in [0.25, 0.3) is 0 Å². The number of hydrogen-bond acceptors (Lipinski definition) is 1. The van der Waals surface area contributed by atoms with Gasteiger partial charge in [-0.25, -0.2) is 0 Å². The van der Waals surface area contributed by atoms with Crippen molar-refractivity contribution in [3.05, 3.63) is 13.8 Å². The predicted octanol–water partition coefficient (Wildman–Crippen LogP) is 1.27. The van der Waals surface area contributed by atoms with Gasteiger partial charge in [0.2, 0.25) is 0 Å². The fourth-order valence-corrected chi connectivity index (χ4v) is 1.18. The van der Waals surface area contributed by atoms with E-state index in [-0.39, 0.29) is 32.7 Å². The molecule has 1 saturated heterocycles. The van der Waals surface area contributed by atoms with Crippen molar-refractivity contribution in [1.29, 1.82) is 0 Å². The number of hydrogen-bond donors (Lipinski definition) is 1. The van der Waals surface area contributed by atoms with Crippen molar-refractivity contribution in [2.45, 2.75) is 12.8 Å². The fourth-order valence-electron chi connectivity index (χ4n) is 1.18. The maximum absolute atomic E-state index is 4.04. The Morgan fingerprint density at radius 2 is 1.90 bits per heavy atom.